The summed E-state index contributed by atoms with van der Waals surface area (Å²) in [5.41, 5.74) is 6.23. The molecule has 0 saturated carbocycles. The van der Waals surface area contributed by atoms with Crippen molar-refractivity contribution in [1.29, 1.82) is 0 Å². The smallest absolute Gasteiger partial charge is 0.0849 e. The van der Waals surface area contributed by atoms with E-state index in [1.54, 1.807) is 19.9 Å². The van der Waals surface area contributed by atoms with E-state index in [9.17, 15) is 10.2 Å². The van der Waals surface area contributed by atoms with Crippen molar-refractivity contribution in [3.63, 3.8) is 0 Å². The number of aromatic nitrogens is 1. The molecule has 0 fully saturated rings. The number of rotatable bonds is 8. The minimum atomic E-state index is -0.943. The van der Waals surface area contributed by atoms with E-state index < -0.39 is 11.7 Å². The van der Waals surface area contributed by atoms with Crippen molar-refractivity contribution in [2.75, 3.05) is 0 Å². The number of hydrogen-bond donors (Lipinski definition) is 2. The molecule has 4 aromatic rings. The first kappa shape index (κ1) is 23.0. The van der Waals surface area contributed by atoms with Gasteiger partial charge in [-0.3, -0.25) is 4.98 Å². The molecule has 3 heteroatoms. The third-order valence-corrected chi connectivity index (χ3v) is 6.12. The van der Waals surface area contributed by atoms with E-state index in [2.05, 4.69) is 61.5 Å². The highest BCUT2D eigenvalue weighted by molar-refractivity contribution is 5.79. The Kier molecular flexibility index (Phi) is 6.79. The van der Waals surface area contributed by atoms with Gasteiger partial charge in [0, 0.05) is 16.6 Å². The van der Waals surface area contributed by atoms with Crippen LogP contribution in [0.1, 0.15) is 59.9 Å². The van der Waals surface area contributed by atoms with Gasteiger partial charge in [-0.1, -0.05) is 54.6 Å². The molecule has 0 saturated heterocycles. The summed E-state index contributed by atoms with van der Waals surface area (Å²) in [4.78, 5) is 4.82. The van der Waals surface area contributed by atoms with Crippen LogP contribution in [0.25, 0.3) is 10.9 Å². The third-order valence-electron chi connectivity index (χ3n) is 6.12. The standard InChI is InChI=1S/C30H31NO2/c1-21-11-13-24-14-17-26(31-28(24)19-21)16-12-22-7-6-9-25(20-22)29(32)18-15-23-8-4-5-10-27(23)30(2,3)33/h5-7,9-11,13-14,17,19-20,29,32-33H,12,15-16,18H2,1-3H3/t29-/m0/s1. The Morgan fingerprint density at radius 1 is 0.970 bits per heavy atom. The van der Waals surface area contributed by atoms with Crippen molar-refractivity contribution in [1.82, 2.24) is 4.98 Å². The second-order valence-corrected chi connectivity index (χ2v) is 9.35. The fourth-order valence-corrected chi connectivity index (χ4v) is 4.28. The van der Waals surface area contributed by atoms with Crippen LogP contribution in [-0.2, 0) is 24.9 Å². The molecule has 3 aromatic carbocycles. The van der Waals surface area contributed by atoms with Gasteiger partial charge in [-0.25, -0.2) is 0 Å². The van der Waals surface area contributed by atoms with Crippen LogP contribution in [0.3, 0.4) is 0 Å². The van der Waals surface area contributed by atoms with E-state index in [-0.39, 0.29) is 0 Å². The van der Waals surface area contributed by atoms with Gasteiger partial charge in [0.25, 0.3) is 0 Å². The van der Waals surface area contributed by atoms with Crippen LogP contribution in [0.15, 0.2) is 66.7 Å². The van der Waals surface area contributed by atoms with Gasteiger partial charge in [-0.2, -0.15) is 0 Å². The number of hydrogen-bond acceptors (Lipinski definition) is 3. The highest BCUT2D eigenvalue weighted by Crippen LogP contribution is 2.26. The lowest BCUT2D eigenvalue weighted by atomic mass is 9.90. The summed E-state index contributed by atoms with van der Waals surface area (Å²) in [5.74, 6) is 0. The van der Waals surface area contributed by atoms with E-state index in [0.29, 0.717) is 12.8 Å². The van der Waals surface area contributed by atoms with E-state index in [4.69, 9.17) is 4.98 Å². The molecule has 1 aromatic heterocycles. The zero-order chi connectivity index (χ0) is 23.4. The highest BCUT2D eigenvalue weighted by atomic mass is 16.3. The van der Waals surface area contributed by atoms with Crippen LogP contribution in [-0.4, -0.2) is 15.2 Å². The number of pyridine rings is 1. The molecule has 0 aliphatic heterocycles. The maximum absolute atomic E-state index is 10.8. The molecule has 0 radical (unpaired) electrons. The maximum atomic E-state index is 10.8. The lowest BCUT2D eigenvalue weighted by Gasteiger charge is -2.21. The van der Waals surface area contributed by atoms with Crippen LogP contribution >= 0.6 is 0 Å². The van der Waals surface area contributed by atoms with Crippen molar-refractivity contribution < 1.29 is 10.2 Å². The van der Waals surface area contributed by atoms with Crippen LogP contribution in [0, 0.1) is 19.1 Å². The Hall–Kier alpha value is -3.19. The quantitative estimate of drug-likeness (QED) is 0.365. The zero-order valence-corrected chi connectivity index (χ0v) is 19.6. The van der Waals surface area contributed by atoms with E-state index >= 15 is 0 Å². The summed E-state index contributed by atoms with van der Waals surface area (Å²) in [6.07, 6.45) is 2.34. The van der Waals surface area contributed by atoms with Gasteiger partial charge in [0.15, 0.2) is 0 Å². The van der Waals surface area contributed by atoms with Gasteiger partial charge in [0.05, 0.1) is 17.2 Å². The first-order valence-corrected chi connectivity index (χ1v) is 11.6. The summed E-state index contributed by atoms with van der Waals surface area (Å²) in [7, 11) is 0. The van der Waals surface area contributed by atoms with Crippen molar-refractivity contribution in [3.05, 3.63) is 112 Å². The molecule has 0 aliphatic rings. The molecule has 2 N–H and O–H groups in total. The summed E-state index contributed by atoms with van der Waals surface area (Å²) in [6.45, 7) is 5.63. The van der Waals surface area contributed by atoms with E-state index in [1.807, 2.05) is 18.2 Å². The fraction of sp³-hybridized carbons (Fsp3) is 0.300. The molecule has 0 aliphatic carbocycles. The Morgan fingerprint density at radius 2 is 1.79 bits per heavy atom. The van der Waals surface area contributed by atoms with Crippen molar-refractivity contribution in [3.8, 4) is 0 Å². The van der Waals surface area contributed by atoms with Crippen LogP contribution in [0.5, 0.6) is 0 Å². The molecular weight excluding hydrogens is 406 g/mol. The monoisotopic (exact) mass is 437 g/mol. The van der Waals surface area contributed by atoms with Crippen LogP contribution in [0.4, 0.5) is 0 Å². The van der Waals surface area contributed by atoms with E-state index in [1.165, 1.54) is 11.1 Å². The summed E-state index contributed by atoms with van der Waals surface area (Å²) in [5, 5.41) is 22.4. The average molecular weight is 438 g/mol. The number of aliphatic hydroxyl groups is 2. The topological polar surface area (TPSA) is 53.4 Å². The van der Waals surface area contributed by atoms with Gasteiger partial charge in [-0.15, -0.1) is 0 Å². The molecule has 0 amide bonds. The molecule has 1 atom stereocenters. The Bertz CT molecular complexity index is 1240. The Balaban J connectivity index is 1.41. The molecule has 0 spiro atoms. The predicted octanol–water partition coefficient (Wildman–Crippen LogP) is 5.82. The first-order chi connectivity index (χ1) is 15.8. The van der Waals surface area contributed by atoms with Gasteiger partial charge < -0.3 is 10.2 Å². The second-order valence-electron chi connectivity index (χ2n) is 9.35. The number of fused-ring (bicyclic) bond motifs is 1. The van der Waals surface area contributed by atoms with Gasteiger partial charge in [0.1, 0.15) is 0 Å². The highest BCUT2D eigenvalue weighted by Gasteiger charge is 2.20. The lowest BCUT2D eigenvalue weighted by molar-refractivity contribution is 0.0772. The minimum Gasteiger partial charge on any atom is -0.388 e. The van der Waals surface area contributed by atoms with Gasteiger partial charge in [-0.05, 0) is 93.0 Å². The zero-order valence-electron chi connectivity index (χ0n) is 19.6. The van der Waals surface area contributed by atoms with Gasteiger partial charge >= 0.3 is 0 Å². The molecule has 1 heterocycles. The normalized spacial score (nSPS) is 12.5. The SMILES string of the molecule is Cc1ccc2ccc(CCc3cccc([C@@H](O)CCc4c#cccc4C(C)(C)O)c3)nc2c1. The number of aryl methyl sites for hydroxylation is 3. The van der Waals surface area contributed by atoms with Crippen molar-refractivity contribution in [2.24, 2.45) is 0 Å². The maximum Gasteiger partial charge on any atom is 0.0849 e. The predicted molar refractivity (Wildman–Crippen MR) is 133 cm³/mol. The fourth-order valence-electron chi connectivity index (χ4n) is 4.28. The number of nitrogens with zero attached hydrogens (tertiary/aromatic N) is 1. The van der Waals surface area contributed by atoms with Crippen molar-refractivity contribution >= 4 is 10.9 Å². The minimum absolute atomic E-state index is 0.562. The summed E-state index contributed by atoms with van der Waals surface area (Å²) in [6, 6.07) is 28.5. The molecule has 0 bridgehead atoms. The summed E-state index contributed by atoms with van der Waals surface area (Å²) >= 11 is 0. The van der Waals surface area contributed by atoms with Crippen LogP contribution < -0.4 is 0 Å². The van der Waals surface area contributed by atoms with E-state index in [0.717, 1.165) is 46.1 Å². The van der Waals surface area contributed by atoms with Gasteiger partial charge in [0.2, 0.25) is 0 Å². The molecule has 0 unspecified atom stereocenters. The lowest BCUT2D eigenvalue weighted by Crippen LogP contribution is -2.18. The largest absolute Gasteiger partial charge is 0.388 e. The first-order valence-electron chi connectivity index (χ1n) is 11.6. The molecule has 4 rings (SSSR count). The number of benzene rings is 2. The second kappa shape index (κ2) is 9.75. The Labute approximate surface area is 196 Å². The molecule has 33 heavy (non-hydrogen) atoms. The van der Waals surface area contributed by atoms with Crippen LogP contribution in [0.2, 0.25) is 0 Å². The molecule has 168 valence electrons. The molecular formula is C30H31NO2. The third kappa shape index (κ3) is 5.79. The average Bonchev–Trinajstić information content (AvgIpc) is 2.80. The van der Waals surface area contributed by atoms with Crippen molar-refractivity contribution in [2.45, 2.75) is 58.2 Å². The Morgan fingerprint density at radius 3 is 2.61 bits per heavy atom. The number of aliphatic hydroxyl groups excluding tert-OH is 1. The molecule has 3 nitrogen and oxygen atoms in total. The summed E-state index contributed by atoms with van der Waals surface area (Å²) < 4.78 is 0.